The zero-order valence-electron chi connectivity index (χ0n) is 16.4. The van der Waals surface area contributed by atoms with Crippen LogP contribution in [0.15, 0.2) is 60.7 Å². The molecule has 0 amide bonds. The molecule has 5 heteroatoms. The minimum atomic E-state index is -0.0446. The molecule has 4 nitrogen and oxygen atoms in total. The van der Waals surface area contributed by atoms with E-state index in [1.165, 1.54) is 0 Å². The van der Waals surface area contributed by atoms with Crippen molar-refractivity contribution in [2.45, 2.75) is 5.92 Å². The van der Waals surface area contributed by atoms with Crippen LogP contribution in [0.25, 0.3) is 0 Å². The Morgan fingerprint density at radius 1 is 0.536 bits per heavy atom. The van der Waals surface area contributed by atoms with Crippen LogP contribution in [-0.4, -0.2) is 28.4 Å². The van der Waals surface area contributed by atoms with E-state index in [4.69, 9.17) is 30.5 Å². The Bertz CT molecular complexity index is 882. The zero-order valence-corrected chi connectivity index (χ0v) is 17.1. The molecule has 146 valence electrons. The maximum Gasteiger partial charge on any atom is 0.161 e. The molecule has 3 aromatic carbocycles. The summed E-state index contributed by atoms with van der Waals surface area (Å²) in [6, 6.07) is 19.7. The Balaban J connectivity index is 2.17. The first-order valence-corrected chi connectivity index (χ1v) is 9.18. The van der Waals surface area contributed by atoms with Crippen molar-refractivity contribution < 1.29 is 18.9 Å². The summed E-state index contributed by atoms with van der Waals surface area (Å²) in [6.07, 6.45) is 0. The van der Waals surface area contributed by atoms with Crippen LogP contribution in [-0.2, 0) is 0 Å². The van der Waals surface area contributed by atoms with Crippen LogP contribution in [0.3, 0.4) is 0 Å². The molecule has 0 fully saturated rings. The largest absolute Gasteiger partial charge is 0.493 e. The lowest BCUT2D eigenvalue weighted by Gasteiger charge is -2.21. The second-order valence-corrected chi connectivity index (χ2v) is 6.65. The topological polar surface area (TPSA) is 36.9 Å². The number of rotatable bonds is 7. The Morgan fingerprint density at radius 2 is 0.929 bits per heavy atom. The number of benzene rings is 3. The Morgan fingerprint density at radius 3 is 1.32 bits per heavy atom. The zero-order chi connectivity index (χ0) is 20.1. The first-order chi connectivity index (χ1) is 13.6. The second-order valence-electron chi connectivity index (χ2n) is 6.21. The average Bonchev–Trinajstić information content (AvgIpc) is 2.74. The van der Waals surface area contributed by atoms with Crippen LogP contribution in [0, 0.1) is 0 Å². The van der Waals surface area contributed by atoms with E-state index >= 15 is 0 Å². The number of halogens is 1. The van der Waals surface area contributed by atoms with Gasteiger partial charge in [-0.15, -0.1) is 0 Å². The van der Waals surface area contributed by atoms with Crippen molar-refractivity contribution in [2.24, 2.45) is 0 Å². The predicted octanol–water partition coefficient (Wildman–Crippen LogP) is 5.55. The van der Waals surface area contributed by atoms with Gasteiger partial charge in [-0.25, -0.2) is 0 Å². The van der Waals surface area contributed by atoms with Crippen LogP contribution in [0.5, 0.6) is 23.0 Å². The van der Waals surface area contributed by atoms with Crippen molar-refractivity contribution in [1.29, 1.82) is 0 Å². The van der Waals surface area contributed by atoms with Gasteiger partial charge >= 0.3 is 0 Å². The van der Waals surface area contributed by atoms with E-state index in [1.54, 1.807) is 28.4 Å². The summed E-state index contributed by atoms with van der Waals surface area (Å²) in [5.74, 6) is 2.69. The molecule has 3 rings (SSSR count). The van der Waals surface area contributed by atoms with Gasteiger partial charge in [-0.2, -0.15) is 0 Å². The normalized spacial score (nSPS) is 10.6. The van der Waals surface area contributed by atoms with Crippen molar-refractivity contribution in [3.8, 4) is 23.0 Å². The highest BCUT2D eigenvalue weighted by atomic mass is 35.5. The smallest absolute Gasteiger partial charge is 0.161 e. The third-order valence-electron chi connectivity index (χ3n) is 4.69. The summed E-state index contributed by atoms with van der Waals surface area (Å²) in [7, 11) is 6.52. The van der Waals surface area contributed by atoms with Gasteiger partial charge in [0.05, 0.1) is 28.4 Å². The molecule has 0 saturated carbocycles. The minimum absolute atomic E-state index is 0.0446. The molecule has 0 aromatic heterocycles. The lowest BCUT2D eigenvalue weighted by Crippen LogP contribution is -2.05. The molecule has 0 spiro atoms. The Hall–Kier alpha value is -2.85. The van der Waals surface area contributed by atoms with Crippen molar-refractivity contribution in [1.82, 2.24) is 0 Å². The molecule has 0 saturated heterocycles. The molecule has 0 bridgehead atoms. The van der Waals surface area contributed by atoms with Crippen molar-refractivity contribution in [2.75, 3.05) is 28.4 Å². The third-order valence-corrected chi connectivity index (χ3v) is 4.94. The molecule has 0 heterocycles. The van der Waals surface area contributed by atoms with Gasteiger partial charge in [0, 0.05) is 10.9 Å². The quantitative estimate of drug-likeness (QED) is 0.488. The van der Waals surface area contributed by atoms with E-state index in [-0.39, 0.29) is 5.92 Å². The number of hydrogen-bond donors (Lipinski definition) is 0. The first-order valence-electron chi connectivity index (χ1n) is 8.80. The number of methoxy groups -OCH3 is 4. The van der Waals surface area contributed by atoms with Crippen molar-refractivity contribution in [3.05, 3.63) is 82.4 Å². The molecule has 0 aliphatic rings. The Labute approximate surface area is 170 Å². The van der Waals surface area contributed by atoms with Crippen LogP contribution in [0.4, 0.5) is 0 Å². The molecule has 3 aromatic rings. The Kier molecular flexibility index (Phi) is 6.32. The van der Waals surface area contributed by atoms with Gasteiger partial charge in [-0.3, -0.25) is 0 Å². The van der Waals surface area contributed by atoms with E-state index in [9.17, 15) is 0 Å². The monoisotopic (exact) mass is 398 g/mol. The van der Waals surface area contributed by atoms with Gasteiger partial charge in [0.2, 0.25) is 0 Å². The van der Waals surface area contributed by atoms with E-state index < -0.39 is 0 Å². The fourth-order valence-corrected chi connectivity index (χ4v) is 3.42. The molecule has 0 atom stereocenters. The standard InChI is InChI=1S/C23H23ClO4/c1-25-19-11-7-16(13-21(19)27-3)23(15-5-9-18(24)10-6-15)17-8-12-20(26-2)22(14-17)28-4/h5-14,23H,1-4H3. The minimum Gasteiger partial charge on any atom is -0.493 e. The fraction of sp³-hybridized carbons (Fsp3) is 0.217. The summed E-state index contributed by atoms with van der Waals surface area (Å²) >= 11 is 6.11. The maximum atomic E-state index is 6.11. The SMILES string of the molecule is COc1ccc(C(c2ccc(Cl)cc2)c2ccc(OC)c(OC)c2)cc1OC. The van der Waals surface area contributed by atoms with E-state index in [1.807, 2.05) is 60.7 Å². The molecule has 0 radical (unpaired) electrons. The van der Waals surface area contributed by atoms with Gasteiger partial charge < -0.3 is 18.9 Å². The van der Waals surface area contributed by atoms with Crippen LogP contribution >= 0.6 is 11.6 Å². The van der Waals surface area contributed by atoms with Crippen molar-refractivity contribution >= 4 is 11.6 Å². The van der Waals surface area contributed by atoms with Crippen LogP contribution in [0.1, 0.15) is 22.6 Å². The highest BCUT2D eigenvalue weighted by Gasteiger charge is 2.20. The summed E-state index contributed by atoms with van der Waals surface area (Å²) in [5, 5.41) is 0.696. The maximum absolute atomic E-state index is 6.11. The molecule has 28 heavy (non-hydrogen) atoms. The molecule has 0 N–H and O–H groups in total. The molecular weight excluding hydrogens is 376 g/mol. The van der Waals surface area contributed by atoms with E-state index in [2.05, 4.69) is 0 Å². The van der Waals surface area contributed by atoms with Crippen LogP contribution < -0.4 is 18.9 Å². The summed E-state index contributed by atoms with van der Waals surface area (Å²) < 4.78 is 21.8. The first kappa shape index (κ1) is 19.9. The molecule has 0 unspecified atom stereocenters. The predicted molar refractivity (Wildman–Crippen MR) is 111 cm³/mol. The number of hydrogen-bond acceptors (Lipinski definition) is 4. The lowest BCUT2D eigenvalue weighted by atomic mass is 9.85. The van der Waals surface area contributed by atoms with Gasteiger partial charge in [-0.05, 0) is 53.1 Å². The number of ether oxygens (including phenoxy) is 4. The summed E-state index contributed by atoms with van der Waals surface area (Å²) in [5.41, 5.74) is 3.23. The highest BCUT2D eigenvalue weighted by Crippen LogP contribution is 2.40. The molecule has 0 aliphatic carbocycles. The fourth-order valence-electron chi connectivity index (χ4n) is 3.30. The second kappa shape index (κ2) is 8.89. The highest BCUT2D eigenvalue weighted by molar-refractivity contribution is 6.30. The van der Waals surface area contributed by atoms with Gasteiger partial charge in [0.15, 0.2) is 23.0 Å². The third kappa shape index (κ3) is 4.02. The van der Waals surface area contributed by atoms with Gasteiger partial charge in [0.25, 0.3) is 0 Å². The van der Waals surface area contributed by atoms with Crippen molar-refractivity contribution in [3.63, 3.8) is 0 Å². The van der Waals surface area contributed by atoms with Gasteiger partial charge in [-0.1, -0.05) is 35.9 Å². The molecule has 0 aliphatic heterocycles. The molecular formula is C23H23ClO4. The van der Waals surface area contributed by atoms with E-state index in [0.29, 0.717) is 28.0 Å². The van der Waals surface area contributed by atoms with Crippen LogP contribution in [0.2, 0.25) is 5.02 Å². The van der Waals surface area contributed by atoms with Gasteiger partial charge in [0.1, 0.15) is 0 Å². The lowest BCUT2D eigenvalue weighted by molar-refractivity contribution is 0.354. The summed E-state index contributed by atoms with van der Waals surface area (Å²) in [4.78, 5) is 0. The summed E-state index contributed by atoms with van der Waals surface area (Å²) in [6.45, 7) is 0. The van der Waals surface area contributed by atoms with E-state index in [0.717, 1.165) is 16.7 Å². The average molecular weight is 399 g/mol.